The molecule has 46 heavy (non-hydrogen) atoms. The lowest BCUT2D eigenvalue weighted by Crippen LogP contribution is -2.56. The average molecular weight is 639 g/mol. The van der Waals surface area contributed by atoms with Gasteiger partial charge in [-0.05, 0) is 72.4 Å². The Morgan fingerprint density at radius 2 is 1.50 bits per heavy atom. The van der Waals surface area contributed by atoms with Crippen molar-refractivity contribution in [2.75, 3.05) is 0 Å². The molecule has 3 atom stereocenters. The minimum atomic E-state index is -1.47. The third-order valence-corrected chi connectivity index (χ3v) is 6.97. The lowest BCUT2D eigenvalue weighted by atomic mass is 9.97. The van der Waals surface area contributed by atoms with E-state index in [9.17, 15) is 29.1 Å². The summed E-state index contributed by atoms with van der Waals surface area (Å²) in [6, 6.07) is 9.32. The van der Waals surface area contributed by atoms with E-state index in [1.807, 2.05) is 18.2 Å². The number of benzene rings is 2. The van der Waals surface area contributed by atoms with Crippen LogP contribution in [0.15, 0.2) is 48.5 Å². The first-order valence-corrected chi connectivity index (χ1v) is 15.3. The van der Waals surface area contributed by atoms with Crippen molar-refractivity contribution in [3.05, 3.63) is 65.2 Å². The number of nitrogens with one attached hydrogen (secondary N) is 2. The largest absolute Gasteiger partial charge is 0.507 e. The van der Waals surface area contributed by atoms with Crippen LogP contribution in [-0.4, -0.2) is 69.1 Å². The van der Waals surface area contributed by atoms with E-state index in [1.54, 1.807) is 72.7 Å². The number of para-hydroxylation sites is 1. The highest BCUT2D eigenvalue weighted by atomic mass is 16.6. The predicted molar refractivity (Wildman–Crippen MR) is 170 cm³/mol. The van der Waals surface area contributed by atoms with E-state index in [0.29, 0.717) is 18.4 Å². The summed E-state index contributed by atoms with van der Waals surface area (Å²) in [7, 11) is 0. The van der Waals surface area contributed by atoms with Gasteiger partial charge in [0.1, 0.15) is 35.1 Å². The lowest BCUT2D eigenvalue weighted by molar-refractivity contribution is -0.159. The second-order valence-electron chi connectivity index (χ2n) is 13.5. The first-order chi connectivity index (χ1) is 21.4. The van der Waals surface area contributed by atoms with Gasteiger partial charge in [0, 0.05) is 18.0 Å². The summed E-state index contributed by atoms with van der Waals surface area (Å²) in [5.41, 5.74) is 5.03. The van der Waals surface area contributed by atoms with E-state index in [0.717, 1.165) is 5.56 Å². The number of aromatic hydroxyl groups is 1. The van der Waals surface area contributed by atoms with Crippen LogP contribution in [0.25, 0.3) is 0 Å². The minimum absolute atomic E-state index is 0.0931. The number of nitrogens with zero attached hydrogens (tertiary/aromatic N) is 1. The molecule has 5 N–H and O–H groups in total. The van der Waals surface area contributed by atoms with Crippen LogP contribution in [0.2, 0.25) is 0 Å². The van der Waals surface area contributed by atoms with Gasteiger partial charge in [-0.15, -0.1) is 0 Å². The maximum Gasteiger partial charge on any atom is 0.408 e. The van der Waals surface area contributed by atoms with E-state index >= 15 is 0 Å². The van der Waals surface area contributed by atoms with Crippen molar-refractivity contribution < 1.29 is 38.6 Å². The maximum atomic E-state index is 14.4. The van der Waals surface area contributed by atoms with Crippen LogP contribution in [0.3, 0.4) is 0 Å². The molecule has 0 radical (unpaired) electrons. The first kappa shape index (κ1) is 35.9. The minimum Gasteiger partial charge on any atom is -0.507 e. The van der Waals surface area contributed by atoms with Gasteiger partial charge in [0.25, 0.3) is 0 Å². The van der Waals surface area contributed by atoms with Gasteiger partial charge in [-0.2, -0.15) is 0 Å². The molecule has 2 aromatic rings. The molecular formula is C34H46N4O8. The van der Waals surface area contributed by atoms with Crippen molar-refractivity contribution in [2.45, 2.75) is 110 Å². The van der Waals surface area contributed by atoms with E-state index < -0.39 is 71.6 Å². The molecule has 0 aliphatic heterocycles. The van der Waals surface area contributed by atoms with Gasteiger partial charge in [-0.3, -0.25) is 14.4 Å². The summed E-state index contributed by atoms with van der Waals surface area (Å²) in [4.78, 5) is 68.1. The van der Waals surface area contributed by atoms with Crippen molar-refractivity contribution >= 4 is 29.8 Å². The Morgan fingerprint density at radius 3 is 2.04 bits per heavy atom. The molecule has 0 aromatic heterocycles. The molecule has 4 amide bonds. The molecule has 3 rings (SSSR count). The van der Waals surface area contributed by atoms with Crippen LogP contribution in [-0.2, 0) is 35.1 Å². The third kappa shape index (κ3) is 10.5. The number of aryl methyl sites for hydroxylation is 1. The van der Waals surface area contributed by atoms with Gasteiger partial charge < -0.3 is 35.8 Å². The number of primary amides is 1. The van der Waals surface area contributed by atoms with Crippen molar-refractivity contribution in [3.8, 4) is 5.75 Å². The predicted octanol–water partition coefficient (Wildman–Crippen LogP) is 3.57. The Labute approximate surface area is 270 Å². The number of carbonyl (C=O) groups excluding carboxylic acids is 5. The number of amides is 4. The van der Waals surface area contributed by atoms with Crippen LogP contribution in [0, 0.1) is 6.92 Å². The Morgan fingerprint density at radius 1 is 0.891 bits per heavy atom. The van der Waals surface area contributed by atoms with Crippen LogP contribution in [0.1, 0.15) is 83.5 Å². The fraction of sp³-hybridized carbons (Fsp3) is 0.500. The quantitative estimate of drug-likeness (QED) is 0.255. The smallest absolute Gasteiger partial charge is 0.408 e. The van der Waals surface area contributed by atoms with Gasteiger partial charge in [-0.1, -0.05) is 48.5 Å². The summed E-state index contributed by atoms with van der Waals surface area (Å²) < 4.78 is 11.0. The molecule has 0 heterocycles. The summed E-state index contributed by atoms with van der Waals surface area (Å²) in [6.07, 6.45) is -0.371. The number of ether oxygens (including phenoxy) is 2. The molecule has 1 fully saturated rings. The SMILES string of the molecule is Cc1cccc(C(C(=O)NC(Cc2ccccc2)C(=O)OC(C)(C)C)N(C(=O)C(CC(N)=O)NC(=O)OC(C)(C)C)C2CC2)c1O. The first-order valence-electron chi connectivity index (χ1n) is 15.3. The molecular weight excluding hydrogens is 592 g/mol. The fourth-order valence-electron chi connectivity index (χ4n) is 4.89. The normalized spacial score (nSPS) is 15.1. The van der Waals surface area contributed by atoms with Crippen LogP contribution in [0.5, 0.6) is 5.75 Å². The number of alkyl carbamates (subject to hydrolysis) is 1. The molecule has 0 saturated heterocycles. The van der Waals surface area contributed by atoms with E-state index in [4.69, 9.17) is 15.2 Å². The number of hydrogen-bond acceptors (Lipinski definition) is 8. The molecule has 12 nitrogen and oxygen atoms in total. The molecule has 1 saturated carbocycles. The summed E-state index contributed by atoms with van der Waals surface area (Å²) in [5.74, 6) is -3.30. The molecule has 250 valence electrons. The number of rotatable bonds is 12. The molecule has 1 aliphatic rings. The molecule has 3 unspecified atom stereocenters. The third-order valence-electron chi connectivity index (χ3n) is 6.97. The van der Waals surface area contributed by atoms with E-state index in [-0.39, 0.29) is 17.7 Å². The number of nitrogens with two attached hydrogens (primary N) is 1. The molecule has 0 bridgehead atoms. The summed E-state index contributed by atoms with van der Waals surface area (Å²) >= 11 is 0. The highest BCUT2D eigenvalue weighted by Crippen LogP contribution is 2.39. The average Bonchev–Trinajstić information content (AvgIpc) is 3.76. The van der Waals surface area contributed by atoms with Crippen LogP contribution in [0.4, 0.5) is 4.79 Å². The zero-order valence-electron chi connectivity index (χ0n) is 27.6. The maximum absolute atomic E-state index is 14.4. The molecule has 0 spiro atoms. The monoisotopic (exact) mass is 638 g/mol. The van der Waals surface area contributed by atoms with Gasteiger partial charge in [0.05, 0.1) is 6.42 Å². The van der Waals surface area contributed by atoms with Crippen LogP contribution < -0.4 is 16.4 Å². The zero-order valence-corrected chi connectivity index (χ0v) is 27.6. The summed E-state index contributed by atoms with van der Waals surface area (Å²) in [5, 5.41) is 16.4. The van der Waals surface area contributed by atoms with Gasteiger partial charge >= 0.3 is 12.1 Å². The Kier molecular flexibility index (Phi) is 11.4. The molecule has 1 aliphatic carbocycles. The van der Waals surface area contributed by atoms with E-state index in [1.165, 1.54) is 11.0 Å². The van der Waals surface area contributed by atoms with Crippen molar-refractivity contribution in [2.24, 2.45) is 5.73 Å². The number of phenols is 1. The molecule has 12 heteroatoms. The summed E-state index contributed by atoms with van der Waals surface area (Å²) in [6.45, 7) is 11.7. The Balaban J connectivity index is 2.08. The van der Waals surface area contributed by atoms with Crippen molar-refractivity contribution in [1.29, 1.82) is 0 Å². The van der Waals surface area contributed by atoms with Gasteiger partial charge in [0.15, 0.2) is 0 Å². The second kappa shape index (κ2) is 14.7. The fourth-order valence-corrected chi connectivity index (χ4v) is 4.89. The lowest BCUT2D eigenvalue weighted by Gasteiger charge is -2.35. The highest BCUT2D eigenvalue weighted by Gasteiger charge is 2.46. The van der Waals surface area contributed by atoms with Crippen molar-refractivity contribution in [1.82, 2.24) is 15.5 Å². The zero-order chi connectivity index (χ0) is 34.4. The number of carbonyl (C=O) groups is 5. The molecule has 2 aromatic carbocycles. The van der Waals surface area contributed by atoms with E-state index in [2.05, 4.69) is 10.6 Å². The van der Waals surface area contributed by atoms with Crippen LogP contribution >= 0.6 is 0 Å². The number of phenolic OH excluding ortho intramolecular Hbond substituents is 1. The number of esters is 1. The van der Waals surface area contributed by atoms with Crippen molar-refractivity contribution in [3.63, 3.8) is 0 Å². The van der Waals surface area contributed by atoms with Gasteiger partial charge in [0.2, 0.25) is 17.7 Å². The topological polar surface area (TPSA) is 177 Å². The standard InChI is InChI=1S/C34H46N4O8/c1-20-12-11-15-23(28(20)40)27(29(41)36-25(31(43)45-33(2,3)4)18-21-13-9-8-10-14-21)38(22-16-17-22)30(42)24(19-26(35)39)37-32(44)46-34(5,6)7/h8-15,22,24-25,27,40H,16-19H2,1-7H3,(H2,35,39)(H,36,41)(H,37,44). The van der Waals surface area contributed by atoms with Gasteiger partial charge in [-0.25, -0.2) is 9.59 Å². The second-order valence-corrected chi connectivity index (χ2v) is 13.5. The highest BCUT2D eigenvalue weighted by molar-refractivity contribution is 5.96. The Hall–Kier alpha value is -4.61. The number of hydrogen-bond donors (Lipinski definition) is 4. The Bertz CT molecular complexity index is 1430.